The Morgan fingerprint density at radius 2 is 2.29 bits per heavy atom. The zero-order valence-electron chi connectivity index (χ0n) is 13.1. The molecule has 1 aliphatic rings. The first-order valence-corrected chi connectivity index (χ1v) is 7.53. The lowest BCUT2D eigenvalue weighted by molar-refractivity contribution is 0.0527. The van der Waals surface area contributed by atoms with E-state index in [1.165, 1.54) is 0 Å². The molecule has 2 unspecified atom stereocenters. The Bertz CT molecular complexity index is 504. The zero-order valence-corrected chi connectivity index (χ0v) is 13.1. The Balaban J connectivity index is 2.13. The first kappa shape index (κ1) is 15.6. The van der Waals surface area contributed by atoms with Gasteiger partial charge < -0.3 is 20.7 Å². The monoisotopic (exact) mass is 291 g/mol. The van der Waals surface area contributed by atoms with Crippen molar-refractivity contribution in [2.75, 3.05) is 37.8 Å². The van der Waals surface area contributed by atoms with E-state index in [0.717, 1.165) is 25.2 Å². The molecule has 0 aromatic heterocycles. The standard InChI is InChI=1S/C16H25N3O2/c1-4-21-16(20)12-6-5-7-14(15(12)17)18-13-8-9-19(3)10-11(13)2/h5-7,11,13,18H,4,8-10,17H2,1-3H3. The molecule has 116 valence electrons. The molecule has 1 heterocycles. The number of benzene rings is 1. The Kier molecular flexibility index (Phi) is 5.07. The number of hydrogen-bond donors (Lipinski definition) is 2. The Morgan fingerprint density at radius 3 is 2.95 bits per heavy atom. The molecule has 0 spiro atoms. The summed E-state index contributed by atoms with van der Waals surface area (Å²) in [5.41, 5.74) is 7.86. The van der Waals surface area contributed by atoms with Gasteiger partial charge in [-0.3, -0.25) is 0 Å². The summed E-state index contributed by atoms with van der Waals surface area (Å²) in [7, 11) is 2.14. The summed E-state index contributed by atoms with van der Waals surface area (Å²) < 4.78 is 5.04. The molecule has 3 N–H and O–H groups in total. The summed E-state index contributed by atoms with van der Waals surface area (Å²) in [5.74, 6) is 0.171. The summed E-state index contributed by atoms with van der Waals surface area (Å²) in [5, 5.41) is 3.50. The topological polar surface area (TPSA) is 67.6 Å². The van der Waals surface area contributed by atoms with Crippen LogP contribution < -0.4 is 11.1 Å². The fourth-order valence-electron chi connectivity index (χ4n) is 2.85. The third-order valence-electron chi connectivity index (χ3n) is 4.05. The van der Waals surface area contributed by atoms with Crippen molar-refractivity contribution >= 4 is 17.3 Å². The maximum Gasteiger partial charge on any atom is 0.340 e. The van der Waals surface area contributed by atoms with Gasteiger partial charge in [0.2, 0.25) is 0 Å². The minimum atomic E-state index is -0.366. The van der Waals surface area contributed by atoms with Crippen molar-refractivity contribution < 1.29 is 9.53 Å². The third-order valence-corrected chi connectivity index (χ3v) is 4.05. The van der Waals surface area contributed by atoms with Gasteiger partial charge >= 0.3 is 5.97 Å². The van der Waals surface area contributed by atoms with Crippen LogP contribution in [0.5, 0.6) is 0 Å². The van der Waals surface area contributed by atoms with Gasteiger partial charge in [0.15, 0.2) is 0 Å². The normalized spacial score (nSPS) is 22.8. The number of ether oxygens (including phenoxy) is 1. The number of anilines is 2. The molecular formula is C16H25N3O2. The maximum absolute atomic E-state index is 11.9. The van der Waals surface area contributed by atoms with E-state index in [1.54, 1.807) is 13.0 Å². The van der Waals surface area contributed by atoms with Crippen molar-refractivity contribution in [3.63, 3.8) is 0 Å². The highest BCUT2D eigenvalue weighted by Gasteiger charge is 2.25. The summed E-state index contributed by atoms with van der Waals surface area (Å²) in [6.07, 6.45) is 1.07. The Morgan fingerprint density at radius 1 is 1.52 bits per heavy atom. The molecule has 0 radical (unpaired) electrons. The van der Waals surface area contributed by atoms with Gasteiger partial charge in [-0.25, -0.2) is 4.79 Å². The summed E-state index contributed by atoms with van der Waals surface area (Å²) in [6.45, 7) is 6.51. The fraction of sp³-hybridized carbons (Fsp3) is 0.562. The summed E-state index contributed by atoms with van der Waals surface area (Å²) in [6, 6.07) is 5.84. The molecule has 1 aliphatic heterocycles. The van der Waals surface area contributed by atoms with Gasteiger partial charge in [-0.05, 0) is 45.0 Å². The van der Waals surface area contributed by atoms with Crippen LogP contribution in [0.1, 0.15) is 30.6 Å². The number of nitrogens with two attached hydrogens (primary N) is 1. The number of esters is 1. The molecular weight excluding hydrogens is 266 g/mol. The first-order valence-electron chi connectivity index (χ1n) is 7.53. The van der Waals surface area contributed by atoms with E-state index in [9.17, 15) is 4.79 Å². The SMILES string of the molecule is CCOC(=O)c1cccc(NC2CCN(C)CC2C)c1N. The highest BCUT2D eigenvalue weighted by Crippen LogP contribution is 2.27. The lowest BCUT2D eigenvalue weighted by atomic mass is 9.93. The molecule has 0 aliphatic carbocycles. The highest BCUT2D eigenvalue weighted by atomic mass is 16.5. The summed E-state index contributed by atoms with van der Waals surface area (Å²) >= 11 is 0. The third kappa shape index (κ3) is 3.67. The van der Waals surface area contributed by atoms with Crippen molar-refractivity contribution in [3.05, 3.63) is 23.8 Å². The van der Waals surface area contributed by atoms with Crippen molar-refractivity contribution in [1.82, 2.24) is 4.90 Å². The van der Waals surface area contributed by atoms with Crippen LogP contribution in [0.2, 0.25) is 0 Å². The number of nitrogens with one attached hydrogen (secondary N) is 1. The van der Waals surface area contributed by atoms with Crippen LogP contribution in [-0.2, 0) is 4.74 Å². The van der Waals surface area contributed by atoms with Gasteiger partial charge in [0.25, 0.3) is 0 Å². The second-order valence-electron chi connectivity index (χ2n) is 5.77. The minimum absolute atomic E-state index is 0.349. The molecule has 1 aromatic rings. The molecule has 1 fully saturated rings. The Labute approximate surface area is 126 Å². The van der Waals surface area contributed by atoms with E-state index >= 15 is 0 Å². The van der Waals surface area contributed by atoms with E-state index in [1.807, 2.05) is 12.1 Å². The predicted octanol–water partition coefficient (Wildman–Crippen LogP) is 2.20. The van der Waals surface area contributed by atoms with E-state index in [0.29, 0.717) is 29.8 Å². The first-order chi connectivity index (χ1) is 10.0. The molecule has 5 nitrogen and oxygen atoms in total. The number of carbonyl (C=O) groups is 1. The number of hydrogen-bond acceptors (Lipinski definition) is 5. The van der Waals surface area contributed by atoms with Gasteiger partial charge in [0.05, 0.1) is 23.5 Å². The van der Waals surface area contributed by atoms with E-state index in [-0.39, 0.29) is 5.97 Å². The van der Waals surface area contributed by atoms with Gasteiger partial charge in [-0.1, -0.05) is 13.0 Å². The average Bonchev–Trinajstić information content (AvgIpc) is 2.44. The zero-order chi connectivity index (χ0) is 15.4. The lowest BCUT2D eigenvalue weighted by Gasteiger charge is -2.36. The van der Waals surface area contributed by atoms with Crippen LogP contribution in [-0.4, -0.2) is 43.7 Å². The minimum Gasteiger partial charge on any atom is -0.462 e. The number of carbonyl (C=O) groups excluding carboxylic acids is 1. The van der Waals surface area contributed by atoms with Gasteiger partial charge in [0, 0.05) is 12.6 Å². The largest absolute Gasteiger partial charge is 0.462 e. The van der Waals surface area contributed by atoms with Crippen molar-refractivity contribution in [3.8, 4) is 0 Å². The highest BCUT2D eigenvalue weighted by molar-refractivity contribution is 5.98. The Hall–Kier alpha value is -1.75. The van der Waals surface area contributed by atoms with Crippen LogP contribution >= 0.6 is 0 Å². The molecule has 1 aromatic carbocycles. The van der Waals surface area contributed by atoms with Gasteiger partial charge in [0.1, 0.15) is 0 Å². The molecule has 0 bridgehead atoms. The number of para-hydroxylation sites is 1. The molecule has 1 saturated heterocycles. The number of nitrogen functional groups attached to an aromatic ring is 1. The van der Waals surface area contributed by atoms with Crippen molar-refractivity contribution in [2.24, 2.45) is 5.92 Å². The number of rotatable bonds is 4. The fourth-order valence-corrected chi connectivity index (χ4v) is 2.85. The van der Waals surface area contributed by atoms with Crippen LogP contribution in [0.4, 0.5) is 11.4 Å². The molecule has 2 atom stereocenters. The smallest absolute Gasteiger partial charge is 0.340 e. The van der Waals surface area contributed by atoms with Crippen LogP contribution in [0, 0.1) is 5.92 Å². The predicted molar refractivity (Wildman–Crippen MR) is 85.5 cm³/mol. The molecule has 0 saturated carbocycles. The number of likely N-dealkylation sites (tertiary alicyclic amines) is 1. The average molecular weight is 291 g/mol. The number of nitrogens with zero attached hydrogens (tertiary/aromatic N) is 1. The summed E-state index contributed by atoms with van der Waals surface area (Å²) in [4.78, 5) is 14.2. The molecule has 0 amide bonds. The van der Waals surface area contributed by atoms with Gasteiger partial charge in [-0.15, -0.1) is 0 Å². The molecule has 5 heteroatoms. The van der Waals surface area contributed by atoms with Crippen LogP contribution in [0.15, 0.2) is 18.2 Å². The molecule has 2 rings (SSSR count). The van der Waals surface area contributed by atoms with E-state index in [2.05, 4.69) is 24.2 Å². The van der Waals surface area contributed by atoms with Crippen LogP contribution in [0.3, 0.4) is 0 Å². The van der Waals surface area contributed by atoms with Gasteiger partial charge in [-0.2, -0.15) is 0 Å². The quantitative estimate of drug-likeness (QED) is 0.657. The second kappa shape index (κ2) is 6.80. The second-order valence-corrected chi connectivity index (χ2v) is 5.77. The maximum atomic E-state index is 11.9. The van der Waals surface area contributed by atoms with Crippen LogP contribution in [0.25, 0.3) is 0 Å². The lowest BCUT2D eigenvalue weighted by Crippen LogP contribution is -2.43. The van der Waals surface area contributed by atoms with Crippen molar-refractivity contribution in [1.29, 1.82) is 0 Å². The molecule has 21 heavy (non-hydrogen) atoms. The number of piperidine rings is 1. The van der Waals surface area contributed by atoms with E-state index in [4.69, 9.17) is 10.5 Å². The van der Waals surface area contributed by atoms with E-state index < -0.39 is 0 Å². The van der Waals surface area contributed by atoms with Crippen molar-refractivity contribution in [2.45, 2.75) is 26.3 Å².